The zero-order chi connectivity index (χ0) is 18.2. The molecule has 0 aliphatic rings. The number of halogens is 1. The Bertz CT molecular complexity index is 898. The lowest BCUT2D eigenvalue weighted by atomic mass is 10.1. The highest BCUT2D eigenvalue weighted by Crippen LogP contribution is 2.20. The Morgan fingerprint density at radius 3 is 2.60 bits per heavy atom. The average Bonchev–Trinajstić information content (AvgIpc) is 3.01. The van der Waals surface area contributed by atoms with Gasteiger partial charge in [-0.25, -0.2) is 4.79 Å². The van der Waals surface area contributed by atoms with Crippen LogP contribution < -0.4 is 10.4 Å². The van der Waals surface area contributed by atoms with Gasteiger partial charge in [0, 0.05) is 18.0 Å². The highest BCUT2D eigenvalue weighted by molar-refractivity contribution is 6.30. The van der Waals surface area contributed by atoms with E-state index >= 15 is 0 Å². The van der Waals surface area contributed by atoms with Crippen molar-refractivity contribution in [3.05, 3.63) is 87.2 Å². The lowest BCUT2D eigenvalue weighted by Crippen LogP contribution is -2.06. The summed E-state index contributed by atoms with van der Waals surface area (Å²) in [4.78, 5) is 14.8. The van der Waals surface area contributed by atoms with Gasteiger partial charge in [0.25, 0.3) is 0 Å². The molecular weight excluding hydrogens is 338 g/mol. The molecule has 4 nitrogen and oxygen atoms in total. The number of ether oxygens (including phenoxy) is 1. The quantitative estimate of drug-likeness (QED) is 0.726. The van der Waals surface area contributed by atoms with Gasteiger partial charge in [0.15, 0.2) is 0 Å². The third-order valence-electron chi connectivity index (χ3n) is 3.49. The van der Waals surface area contributed by atoms with Gasteiger partial charge in [0.05, 0.1) is 17.7 Å². The van der Waals surface area contributed by atoms with Gasteiger partial charge in [0.1, 0.15) is 11.5 Å². The van der Waals surface area contributed by atoms with E-state index < -0.39 is 0 Å². The second-order valence-electron chi connectivity index (χ2n) is 5.34. The average molecular weight is 358 g/mol. The number of methoxy groups -OCH3 is 1. The molecule has 0 saturated heterocycles. The maximum atomic E-state index is 11.8. The maximum Gasteiger partial charge on any atom is 0.342 e. The van der Waals surface area contributed by atoms with Crippen LogP contribution in [0.4, 0.5) is 0 Å². The van der Waals surface area contributed by atoms with Crippen molar-refractivity contribution in [3.8, 4) is 5.75 Å². The van der Waals surface area contributed by atoms with Crippen LogP contribution in [0.15, 0.2) is 64.0 Å². The molecule has 5 heteroatoms. The molecule has 0 saturated carbocycles. The fourth-order valence-electron chi connectivity index (χ4n) is 2.05. The molecule has 0 aliphatic heterocycles. The summed E-state index contributed by atoms with van der Waals surface area (Å²) in [6, 6.07) is 3.56. The molecule has 0 amide bonds. The third-order valence-corrected chi connectivity index (χ3v) is 3.70. The molecular formula is C20H20ClNO3. The summed E-state index contributed by atoms with van der Waals surface area (Å²) >= 11 is 5.82. The van der Waals surface area contributed by atoms with E-state index in [2.05, 4.69) is 4.98 Å². The van der Waals surface area contributed by atoms with Crippen LogP contribution in [0.1, 0.15) is 23.9 Å². The molecule has 2 aromatic heterocycles. The van der Waals surface area contributed by atoms with Gasteiger partial charge >= 0.3 is 5.63 Å². The molecule has 2 aromatic rings. The number of H-pyrrole nitrogens is 1. The van der Waals surface area contributed by atoms with E-state index in [4.69, 9.17) is 20.8 Å². The van der Waals surface area contributed by atoms with Crippen LogP contribution >= 0.6 is 11.6 Å². The Labute approximate surface area is 151 Å². The Kier molecular flexibility index (Phi) is 6.66. The van der Waals surface area contributed by atoms with E-state index in [9.17, 15) is 4.79 Å². The molecule has 1 N–H and O–H groups in total. The summed E-state index contributed by atoms with van der Waals surface area (Å²) in [5, 5.41) is 0.684. The summed E-state index contributed by atoms with van der Waals surface area (Å²) in [6.45, 7) is 3.54. The summed E-state index contributed by atoms with van der Waals surface area (Å²) in [6.07, 6.45) is 15.0. The fraction of sp³-hybridized carbons (Fsp3) is 0.150. The molecule has 0 unspecified atom stereocenters. The number of allylic oxidation sites excluding steroid dienone is 7. The summed E-state index contributed by atoms with van der Waals surface area (Å²) in [5.74, 6) is 1.02. The first-order valence-corrected chi connectivity index (χ1v) is 8.10. The van der Waals surface area contributed by atoms with Crippen molar-refractivity contribution in [2.45, 2.75) is 13.8 Å². The molecule has 0 aromatic carbocycles. The van der Waals surface area contributed by atoms with Crippen molar-refractivity contribution in [2.24, 2.45) is 0 Å². The van der Waals surface area contributed by atoms with Crippen LogP contribution in [-0.2, 0) is 0 Å². The molecule has 0 aliphatic carbocycles. The predicted octanol–water partition coefficient (Wildman–Crippen LogP) is 5.17. The van der Waals surface area contributed by atoms with Crippen LogP contribution in [0.3, 0.4) is 0 Å². The van der Waals surface area contributed by atoms with Gasteiger partial charge in [-0.3, -0.25) is 0 Å². The first kappa shape index (κ1) is 18.6. The Morgan fingerprint density at radius 2 is 1.92 bits per heavy atom. The molecule has 2 heterocycles. The third kappa shape index (κ3) is 5.40. The lowest BCUT2D eigenvalue weighted by Gasteiger charge is -2.05. The van der Waals surface area contributed by atoms with Gasteiger partial charge in [-0.2, -0.15) is 0 Å². The Balaban J connectivity index is 1.99. The largest absolute Gasteiger partial charge is 0.496 e. The Hall–Kier alpha value is -2.72. The van der Waals surface area contributed by atoms with Gasteiger partial charge < -0.3 is 14.1 Å². The van der Waals surface area contributed by atoms with Crippen molar-refractivity contribution in [3.63, 3.8) is 0 Å². The smallest absolute Gasteiger partial charge is 0.342 e. The van der Waals surface area contributed by atoms with Crippen molar-refractivity contribution >= 4 is 23.3 Å². The van der Waals surface area contributed by atoms with E-state index in [0.29, 0.717) is 22.1 Å². The molecule has 0 fully saturated rings. The van der Waals surface area contributed by atoms with E-state index in [0.717, 1.165) is 11.3 Å². The first-order valence-electron chi connectivity index (χ1n) is 7.72. The van der Waals surface area contributed by atoms with E-state index in [1.165, 1.54) is 7.11 Å². The zero-order valence-corrected chi connectivity index (χ0v) is 15.1. The summed E-state index contributed by atoms with van der Waals surface area (Å²) < 4.78 is 10.5. The van der Waals surface area contributed by atoms with Crippen molar-refractivity contribution in [1.29, 1.82) is 0 Å². The van der Waals surface area contributed by atoms with Crippen LogP contribution in [0.25, 0.3) is 11.6 Å². The highest BCUT2D eigenvalue weighted by Gasteiger charge is 2.08. The summed E-state index contributed by atoms with van der Waals surface area (Å²) in [5.41, 5.74) is 1.85. The minimum absolute atomic E-state index is 0.388. The van der Waals surface area contributed by atoms with Crippen molar-refractivity contribution < 1.29 is 9.15 Å². The van der Waals surface area contributed by atoms with E-state index in [-0.39, 0.29) is 5.63 Å². The number of nitrogens with one attached hydrogen (secondary N) is 1. The molecule has 0 spiro atoms. The van der Waals surface area contributed by atoms with Crippen LogP contribution in [-0.4, -0.2) is 12.1 Å². The minimum Gasteiger partial charge on any atom is -0.496 e. The number of hydrogen-bond donors (Lipinski definition) is 1. The van der Waals surface area contributed by atoms with Gasteiger partial charge in [0.2, 0.25) is 0 Å². The van der Waals surface area contributed by atoms with Crippen LogP contribution in [0.5, 0.6) is 5.75 Å². The molecule has 130 valence electrons. The maximum absolute atomic E-state index is 11.8. The number of rotatable bonds is 6. The second kappa shape index (κ2) is 8.94. The fourth-order valence-corrected chi connectivity index (χ4v) is 2.23. The molecule has 0 radical (unpaired) electrons. The normalized spacial score (nSPS) is 12.7. The molecule has 0 bridgehead atoms. The molecule has 0 atom stereocenters. The van der Waals surface area contributed by atoms with E-state index in [1.54, 1.807) is 19.2 Å². The number of aromatic amines is 1. The monoisotopic (exact) mass is 357 g/mol. The number of aromatic nitrogens is 1. The van der Waals surface area contributed by atoms with Crippen LogP contribution in [0, 0.1) is 6.92 Å². The minimum atomic E-state index is -0.388. The van der Waals surface area contributed by atoms with Gasteiger partial charge in [-0.15, -0.1) is 0 Å². The zero-order valence-electron chi connectivity index (χ0n) is 14.4. The highest BCUT2D eigenvalue weighted by atomic mass is 35.5. The van der Waals surface area contributed by atoms with E-state index in [1.807, 2.05) is 55.5 Å². The van der Waals surface area contributed by atoms with Crippen LogP contribution in [0.2, 0.25) is 5.02 Å². The topological polar surface area (TPSA) is 55.2 Å². The Morgan fingerprint density at radius 1 is 1.20 bits per heavy atom. The standard InChI is InChI=1S/C20H20ClNO3/c1-14(18-12-19(24-3)15(2)20(23)25-18)9-7-5-4-6-8-10-17-11-16(21)13-22-17/h4-13,22H,1-3H3/b6-4+,7-5+,10-8+,14-9+. The second-order valence-corrected chi connectivity index (χ2v) is 5.78. The van der Waals surface area contributed by atoms with Gasteiger partial charge in [-0.1, -0.05) is 48.1 Å². The first-order chi connectivity index (χ1) is 12.0. The summed E-state index contributed by atoms with van der Waals surface area (Å²) in [7, 11) is 1.53. The number of hydrogen-bond acceptors (Lipinski definition) is 3. The predicted molar refractivity (Wildman–Crippen MR) is 103 cm³/mol. The van der Waals surface area contributed by atoms with Gasteiger partial charge in [-0.05, 0) is 31.6 Å². The SMILES string of the molecule is COc1cc(/C(C)=C/C=C/C=C/C=C/c2cc(Cl)c[nH]2)oc(=O)c1C. The van der Waals surface area contributed by atoms with Crippen molar-refractivity contribution in [2.75, 3.05) is 7.11 Å². The molecule has 2 rings (SSSR count). The molecule has 25 heavy (non-hydrogen) atoms. The lowest BCUT2D eigenvalue weighted by molar-refractivity contribution is 0.395. The van der Waals surface area contributed by atoms with Crippen molar-refractivity contribution in [1.82, 2.24) is 4.98 Å².